The molecule has 3 aliphatic rings. The second-order valence-corrected chi connectivity index (χ2v) is 5.48. The van der Waals surface area contributed by atoms with E-state index < -0.39 is 0 Å². The van der Waals surface area contributed by atoms with Gasteiger partial charge >= 0.3 is 0 Å². The largest absolute Gasteiger partial charge is 0.316 e. The van der Waals surface area contributed by atoms with Crippen LogP contribution in [0.3, 0.4) is 0 Å². The zero-order valence-corrected chi connectivity index (χ0v) is 8.67. The maximum Gasteiger partial charge on any atom is 0.136 e. The van der Waals surface area contributed by atoms with Crippen molar-refractivity contribution in [3.63, 3.8) is 0 Å². The van der Waals surface area contributed by atoms with Crippen molar-refractivity contribution in [2.45, 2.75) is 32.1 Å². The third kappa shape index (κ3) is 1.40. The van der Waals surface area contributed by atoms with Crippen molar-refractivity contribution >= 4 is 5.78 Å². The number of fused-ring (bicyclic) bond motifs is 2. The summed E-state index contributed by atoms with van der Waals surface area (Å²) in [5.41, 5.74) is 0. The standard InChI is InChI=1S/C12H19NO/c14-12(5-9-6-13-7-9)11-4-8-1-2-10(11)3-8/h8-11,13H,1-7H2. The van der Waals surface area contributed by atoms with Gasteiger partial charge in [0.1, 0.15) is 5.78 Å². The van der Waals surface area contributed by atoms with Gasteiger partial charge in [0.15, 0.2) is 0 Å². The van der Waals surface area contributed by atoms with Gasteiger partial charge in [-0.2, -0.15) is 0 Å². The van der Waals surface area contributed by atoms with Crippen LogP contribution in [0.4, 0.5) is 0 Å². The SMILES string of the molecule is O=C(CC1CNC1)C1CC2CCC1C2. The van der Waals surface area contributed by atoms with E-state index in [-0.39, 0.29) is 0 Å². The minimum atomic E-state index is 0.467. The van der Waals surface area contributed by atoms with Crippen LogP contribution in [-0.2, 0) is 4.79 Å². The summed E-state index contributed by atoms with van der Waals surface area (Å²) < 4.78 is 0. The van der Waals surface area contributed by atoms with Gasteiger partial charge in [-0.15, -0.1) is 0 Å². The van der Waals surface area contributed by atoms with Crippen molar-refractivity contribution in [1.29, 1.82) is 0 Å². The fourth-order valence-electron chi connectivity index (χ4n) is 3.57. The molecule has 3 unspecified atom stereocenters. The highest BCUT2D eigenvalue weighted by atomic mass is 16.1. The van der Waals surface area contributed by atoms with Gasteiger partial charge in [0, 0.05) is 12.3 Å². The van der Waals surface area contributed by atoms with Gasteiger partial charge in [0.2, 0.25) is 0 Å². The second kappa shape index (κ2) is 3.34. The summed E-state index contributed by atoms with van der Waals surface area (Å²) in [7, 11) is 0. The molecule has 3 fully saturated rings. The number of ketones is 1. The van der Waals surface area contributed by atoms with Crippen molar-refractivity contribution in [2.24, 2.45) is 23.7 Å². The number of hydrogen-bond acceptors (Lipinski definition) is 2. The third-order valence-electron chi connectivity index (χ3n) is 4.51. The van der Waals surface area contributed by atoms with Crippen molar-refractivity contribution in [2.75, 3.05) is 13.1 Å². The Kier molecular flexibility index (Phi) is 2.12. The van der Waals surface area contributed by atoms with Crippen molar-refractivity contribution in [3.8, 4) is 0 Å². The molecule has 3 rings (SSSR count). The second-order valence-electron chi connectivity index (χ2n) is 5.48. The van der Waals surface area contributed by atoms with Gasteiger partial charge < -0.3 is 5.32 Å². The Morgan fingerprint density at radius 3 is 2.57 bits per heavy atom. The summed E-state index contributed by atoms with van der Waals surface area (Å²) >= 11 is 0. The van der Waals surface area contributed by atoms with E-state index in [1.54, 1.807) is 0 Å². The van der Waals surface area contributed by atoms with Crippen molar-refractivity contribution < 1.29 is 4.79 Å². The Bertz CT molecular complexity index is 247. The van der Waals surface area contributed by atoms with Crippen LogP contribution in [0, 0.1) is 23.7 Å². The predicted octanol–water partition coefficient (Wildman–Crippen LogP) is 1.60. The van der Waals surface area contributed by atoms with Crippen LogP contribution in [0.15, 0.2) is 0 Å². The van der Waals surface area contributed by atoms with E-state index in [1.165, 1.54) is 25.7 Å². The number of rotatable bonds is 3. The summed E-state index contributed by atoms with van der Waals surface area (Å²) in [6, 6.07) is 0. The summed E-state index contributed by atoms with van der Waals surface area (Å²) in [6.07, 6.45) is 6.19. The molecule has 1 saturated heterocycles. The molecule has 1 heterocycles. The molecule has 1 N–H and O–H groups in total. The molecule has 1 aliphatic heterocycles. The van der Waals surface area contributed by atoms with Gasteiger partial charge in [-0.1, -0.05) is 6.42 Å². The van der Waals surface area contributed by atoms with Crippen LogP contribution >= 0.6 is 0 Å². The van der Waals surface area contributed by atoms with E-state index in [9.17, 15) is 4.79 Å². The van der Waals surface area contributed by atoms with E-state index in [1.807, 2.05) is 0 Å². The topological polar surface area (TPSA) is 29.1 Å². The minimum Gasteiger partial charge on any atom is -0.316 e. The molecule has 2 saturated carbocycles. The van der Waals surface area contributed by atoms with Gasteiger partial charge in [-0.3, -0.25) is 4.79 Å². The molecule has 0 aromatic rings. The molecule has 2 aliphatic carbocycles. The average molecular weight is 193 g/mol. The molecule has 0 spiro atoms. The lowest BCUT2D eigenvalue weighted by Crippen LogP contribution is -2.43. The van der Waals surface area contributed by atoms with Crippen LogP contribution in [-0.4, -0.2) is 18.9 Å². The highest BCUT2D eigenvalue weighted by Crippen LogP contribution is 2.49. The van der Waals surface area contributed by atoms with E-state index in [0.29, 0.717) is 17.6 Å². The zero-order valence-electron chi connectivity index (χ0n) is 8.67. The lowest BCUT2D eigenvalue weighted by molar-refractivity contribution is -0.125. The quantitative estimate of drug-likeness (QED) is 0.737. The molecule has 0 amide bonds. The van der Waals surface area contributed by atoms with E-state index in [2.05, 4.69) is 5.32 Å². The third-order valence-corrected chi connectivity index (χ3v) is 4.51. The maximum absolute atomic E-state index is 12.0. The van der Waals surface area contributed by atoms with Crippen LogP contribution in [0.1, 0.15) is 32.1 Å². The summed E-state index contributed by atoms with van der Waals surface area (Å²) in [6.45, 7) is 2.15. The zero-order chi connectivity index (χ0) is 9.54. The smallest absolute Gasteiger partial charge is 0.136 e. The molecule has 3 atom stereocenters. The number of nitrogens with one attached hydrogen (secondary N) is 1. The molecule has 78 valence electrons. The fourth-order valence-corrected chi connectivity index (χ4v) is 3.57. The Labute approximate surface area is 85.4 Å². The Morgan fingerprint density at radius 2 is 2.07 bits per heavy atom. The molecular formula is C12H19NO. The minimum absolute atomic E-state index is 0.467. The Morgan fingerprint density at radius 1 is 1.21 bits per heavy atom. The molecule has 2 bridgehead atoms. The highest BCUT2D eigenvalue weighted by Gasteiger charge is 2.43. The molecule has 0 aromatic carbocycles. The number of Topliss-reactive ketones (excluding diaryl/α,β-unsaturated/α-hetero) is 1. The molecule has 2 heteroatoms. The van der Waals surface area contributed by atoms with Crippen LogP contribution in [0.2, 0.25) is 0 Å². The van der Waals surface area contributed by atoms with Crippen LogP contribution < -0.4 is 5.32 Å². The lowest BCUT2D eigenvalue weighted by Gasteiger charge is -2.29. The van der Waals surface area contributed by atoms with Crippen LogP contribution in [0.5, 0.6) is 0 Å². The average Bonchev–Trinajstić information content (AvgIpc) is 2.71. The molecular weight excluding hydrogens is 174 g/mol. The molecule has 0 aromatic heterocycles. The molecule has 2 nitrogen and oxygen atoms in total. The first-order valence-corrected chi connectivity index (χ1v) is 6.06. The molecule has 0 radical (unpaired) electrons. The highest BCUT2D eigenvalue weighted by molar-refractivity contribution is 5.82. The van der Waals surface area contributed by atoms with Crippen molar-refractivity contribution in [1.82, 2.24) is 5.32 Å². The lowest BCUT2D eigenvalue weighted by atomic mass is 9.81. The number of carbonyl (C=O) groups excluding carboxylic acids is 1. The van der Waals surface area contributed by atoms with Gasteiger partial charge in [0.05, 0.1) is 0 Å². The Balaban J connectivity index is 1.57. The molecule has 14 heavy (non-hydrogen) atoms. The maximum atomic E-state index is 12.0. The van der Waals surface area contributed by atoms with Gasteiger partial charge in [-0.05, 0) is 50.1 Å². The number of carbonyl (C=O) groups is 1. The summed E-state index contributed by atoms with van der Waals surface area (Å²) in [4.78, 5) is 12.0. The first-order chi connectivity index (χ1) is 6.83. The Hall–Kier alpha value is -0.370. The summed E-state index contributed by atoms with van der Waals surface area (Å²) in [5.74, 6) is 3.41. The monoisotopic (exact) mass is 193 g/mol. The van der Waals surface area contributed by atoms with Gasteiger partial charge in [-0.25, -0.2) is 0 Å². The van der Waals surface area contributed by atoms with Gasteiger partial charge in [0.25, 0.3) is 0 Å². The normalized spacial score (nSPS) is 41.3. The number of hydrogen-bond donors (Lipinski definition) is 1. The predicted molar refractivity (Wildman–Crippen MR) is 54.9 cm³/mol. The first kappa shape index (κ1) is 8.90. The first-order valence-electron chi connectivity index (χ1n) is 6.06. The van der Waals surface area contributed by atoms with Crippen LogP contribution in [0.25, 0.3) is 0 Å². The van der Waals surface area contributed by atoms with E-state index in [4.69, 9.17) is 0 Å². The fraction of sp³-hybridized carbons (Fsp3) is 0.917. The van der Waals surface area contributed by atoms with E-state index in [0.717, 1.165) is 31.3 Å². The van der Waals surface area contributed by atoms with Crippen molar-refractivity contribution in [3.05, 3.63) is 0 Å². The summed E-state index contributed by atoms with van der Waals surface area (Å²) in [5, 5.41) is 3.24. The van der Waals surface area contributed by atoms with E-state index >= 15 is 0 Å².